The minimum absolute atomic E-state index is 0.0138. The van der Waals surface area contributed by atoms with Crippen LogP contribution in [0.5, 0.6) is 0 Å². The lowest BCUT2D eigenvalue weighted by atomic mass is 10.1. The van der Waals surface area contributed by atoms with Gasteiger partial charge in [0.25, 0.3) is 0 Å². The van der Waals surface area contributed by atoms with Crippen LogP contribution < -0.4 is 11.1 Å². The van der Waals surface area contributed by atoms with E-state index in [2.05, 4.69) is 22.4 Å². The van der Waals surface area contributed by atoms with Gasteiger partial charge in [-0.25, -0.2) is 0 Å². The van der Waals surface area contributed by atoms with Gasteiger partial charge in [-0.3, -0.25) is 4.99 Å². The van der Waals surface area contributed by atoms with E-state index in [9.17, 15) is 0 Å². The highest BCUT2D eigenvalue weighted by Gasteiger charge is 2.14. The average molecular weight is 189 g/mol. The number of benzene rings is 1. The Bertz CT molecular complexity index is 319. The fourth-order valence-corrected chi connectivity index (χ4v) is 1.63. The van der Waals surface area contributed by atoms with E-state index >= 15 is 0 Å². The van der Waals surface area contributed by atoms with Crippen LogP contribution in [0.2, 0.25) is 0 Å². The van der Waals surface area contributed by atoms with Gasteiger partial charge in [0.1, 0.15) is 5.84 Å². The van der Waals surface area contributed by atoms with E-state index in [0.717, 1.165) is 25.3 Å². The third kappa shape index (κ3) is 2.12. The summed E-state index contributed by atoms with van der Waals surface area (Å²) in [6.45, 7) is 1.79. The summed E-state index contributed by atoms with van der Waals surface area (Å²) < 4.78 is 0. The minimum Gasteiger partial charge on any atom is -0.371 e. The third-order valence-electron chi connectivity index (χ3n) is 2.35. The molecule has 3 N–H and O–H groups in total. The zero-order valence-corrected chi connectivity index (χ0v) is 8.11. The molecule has 0 bridgehead atoms. The molecule has 1 aliphatic heterocycles. The van der Waals surface area contributed by atoms with Crippen LogP contribution in [0.4, 0.5) is 0 Å². The molecule has 0 saturated heterocycles. The summed E-state index contributed by atoms with van der Waals surface area (Å²) in [6.07, 6.45) is 0.854. The Hall–Kier alpha value is -1.35. The molecular weight excluding hydrogens is 174 g/mol. The topological polar surface area (TPSA) is 50.4 Å². The van der Waals surface area contributed by atoms with Crippen LogP contribution in [0.15, 0.2) is 35.3 Å². The molecule has 1 heterocycles. The van der Waals surface area contributed by atoms with Crippen molar-refractivity contribution in [3.05, 3.63) is 35.9 Å². The SMILES string of the molecule is N[C@@H](Cc1ccccc1)C1=NCCN1. The van der Waals surface area contributed by atoms with Gasteiger partial charge in [0.2, 0.25) is 0 Å². The lowest BCUT2D eigenvalue weighted by Crippen LogP contribution is -2.39. The molecule has 0 aliphatic carbocycles. The Balaban J connectivity index is 1.97. The first-order valence-corrected chi connectivity index (χ1v) is 4.94. The first kappa shape index (κ1) is 9.21. The largest absolute Gasteiger partial charge is 0.371 e. The summed E-state index contributed by atoms with van der Waals surface area (Å²) in [4.78, 5) is 4.31. The molecule has 0 aromatic heterocycles. The molecule has 0 spiro atoms. The molecule has 1 aromatic carbocycles. The van der Waals surface area contributed by atoms with Crippen LogP contribution in [-0.2, 0) is 6.42 Å². The lowest BCUT2D eigenvalue weighted by Gasteiger charge is -2.11. The number of hydrogen-bond acceptors (Lipinski definition) is 3. The molecule has 74 valence electrons. The highest BCUT2D eigenvalue weighted by molar-refractivity contribution is 5.88. The molecular formula is C11H15N3. The van der Waals surface area contributed by atoms with Crippen LogP contribution >= 0.6 is 0 Å². The van der Waals surface area contributed by atoms with Gasteiger partial charge in [-0.15, -0.1) is 0 Å². The number of amidine groups is 1. The number of aliphatic imine (C=N–C) groups is 1. The summed E-state index contributed by atoms with van der Waals surface area (Å²) in [5.41, 5.74) is 7.28. The Morgan fingerprint density at radius 1 is 1.36 bits per heavy atom. The monoisotopic (exact) mass is 189 g/mol. The van der Waals surface area contributed by atoms with Crippen molar-refractivity contribution in [1.82, 2.24) is 5.32 Å². The molecule has 3 nitrogen and oxygen atoms in total. The molecule has 1 aromatic rings. The van der Waals surface area contributed by atoms with Crippen LogP contribution in [0.3, 0.4) is 0 Å². The van der Waals surface area contributed by atoms with Crippen LogP contribution in [0.1, 0.15) is 5.56 Å². The molecule has 3 heteroatoms. The van der Waals surface area contributed by atoms with Crippen LogP contribution in [0.25, 0.3) is 0 Å². The Morgan fingerprint density at radius 2 is 2.14 bits per heavy atom. The maximum absolute atomic E-state index is 6.02. The van der Waals surface area contributed by atoms with E-state index in [1.165, 1.54) is 5.56 Å². The van der Waals surface area contributed by atoms with Gasteiger partial charge in [-0.05, 0) is 12.0 Å². The van der Waals surface area contributed by atoms with E-state index in [-0.39, 0.29) is 6.04 Å². The smallest absolute Gasteiger partial charge is 0.114 e. The number of nitrogens with zero attached hydrogens (tertiary/aromatic N) is 1. The Labute approximate surface area is 84.0 Å². The summed E-state index contributed by atoms with van der Waals surface area (Å²) in [6, 6.07) is 10.3. The standard InChI is InChI=1S/C11H15N3/c12-10(11-13-6-7-14-11)8-9-4-2-1-3-5-9/h1-5,10H,6-8,12H2,(H,13,14)/t10-/m0/s1. The molecule has 1 atom stereocenters. The quantitative estimate of drug-likeness (QED) is 0.730. The van der Waals surface area contributed by atoms with Crippen molar-refractivity contribution < 1.29 is 0 Å². The van der Waals surface area contributed by atoms with Crippen molar-refractivity contribution in [3.63, 3.8) is 0 Å². The summed E-state index contributed by atoms with van der Waals surface area (Å²) in [7, 11) is 0. The molecule has 0 fully saturated rings. The fraction of sp³-hybridized carbons (Fsp3) is 0.364. The molecule has 0 amide bonds. The first-order valence-electron chi connectivity index (χ1n) is 4.94. The zero-order valence-electron chi connectivity index (χ0n) is 8.11. The van der Waals surface area contributed by atoms with Crippen molar-refractivity contribution in [2.75, 3.05) is 13.1 Å². The molecule has 0 radical (unpaired) electrons. The lowest BCUT2D eigenvalue weighted by molar-refractivity contribution is 0.818. The maximum Gasteiger partial charge on any atom is 0.114 e. The van der Waals surface area contributed by atoms with E-state index in [0.29, 0.717) is 0 Å². The van der Waals surface area contributed by atoms with Crippen molar-refractivity contribution >= 4 is 5.84 Å². The van der Waals surface area contributed by atoms with Gasteiger partial charge in [0, 0.05) is 6.54 Å². The highest BCUT2D eigenvalue weighted by atomic mass is 15.1. The van der Waals surface area contributed by atoms with Crippen molar-refractivity contribution in [2.45, 2.75) is 12.5 Å². The average Bonchev–Trinajstić information content (AvgIpc) is 2.72. The van der Waals surface area contributed by atoms with Gasteiger partial charge >= 0.3 is 0 Å². The molecule has 2 rings (SSSR count). The normalized spacial score (nSPS) is 17.4. The third-order valence-corrected chi connectivity index (χ3v) is 2.35. The Morgan fingerprint density at radius 3 is 2.79 bits per heavy atom. The van der Waals surface area contributed by atoms with Gasteiger partial charge in [0.05, 0.1) is 12.6 Å². The van der Waals surface area contributed by atoms with Gasteiger partial charge in [0.15, 0.2) is 0 Å². The minimum atomic E-state index is 0.0138. The number of rotatable bonds is 3. The van der Waals surface area contributed by atoms with Gasteiger partial charge in [-0.1, -0.05) is 30.3 Å². The molecule has 0 unspecified atom stereocenters. The van der Waals surface area contributed by atoms with Gasteiger partial charge in [-0.2, -0.15) is 0 Å². The summed E-state index contributed by atoms with van der Waals surface area (Å²) >= 11 is 0. The number of hydrogen-bond donors (Lipinski definition) is 2. The second-order valence-corrected chi connectivity index (χ2v) is 3.49. The fourth-order valence-electron chi connectivity index (χ4n) is 1.63. The highest BCUT2D eigenvalue weighted by Crippen LogP contribution is 2.03. The van der Waals surface area contributed by atoms with Crippen molar-refractivity contribution in [2.24, 2.45) is 10.7 Å². The van der Waals surface area contributed by atoms with E-state index in [1.807, 2.05) is 18.2 Å². The predicted octanol–water partition coefficient (Wildman–Crippen LogP) is 0.558. The van der Waals surface area contributed by atoms with Crippen LogP contribution in [0, 0.1) is 0 Å². The first-order chi connectivity index (χ1) is 6.86. The number of nitrogens with two attached hydrogens (primary N) is 1. The predicted molar refractivity (Wildman–Crippen MR) is 58.4 cm³/mol. The van der Waals surface area contributed by atoms with Crippen molar-refractivity contribution in [1.29, 1.82) is 0 Å². The van der Waals surface area contributed by atoms with Crippen LogP contribution in [-0.4, -0.2) is 25.0 Å². The summed E-state index contributed by atoms with van der Waals surface area (Å²) in [5.74, 6) is 0.953. The second-order valence-electron chi connectivity index (χ2n) is 3.49. The Kier molecular flexibility index (Phi) is 2.79. The van der Waals surface area contributed by atoms with Crippen molar-refractivity contribution in [3.8, 4) is 0 Å². The zero-order chi connectivity index (χ0) is 9.80. The molecule has 1 aliphatic rings. The second kappa shape index (κ2) is 4.24. The van der Waals surface area contributed by atoms with E-state index in [1.54, 1.807) is 0 Å². The van der Waals surface area contributed by atoms with Gasteiger partial charge < -0.3 is 11.1 Å². The molecule has 14 heavy (non-hydrogen) atoms. The molecule has 0 saturated carbocycles. The maximum atomic E-state index is 6.02. The summed E-state index contributed by atoms with van der Waals surface area (Å²) in [5, 5.41) is 3.20. The van der Waals surface area contributed by atoms with E-state index < -0.39 is 0 Å². The van der Waals surface area contributed by atoms with E-state index in [4.69, 9.17) is 5.73 Å². The number of nitrogens with one attached hydrogen (secondary N) is 1.